The van der Waals surface area contributed by atoms with Crippen LogP contribution in [0.4, 0.5) is 0 Å². The van der Waals surface area contributed by atoms with Crippen LogP contribution in [0, 0.1) is 0 Å². The van der Waals surface area contributed by atoms with Crippen LogP contribution < -0.4 is 0 Å². The Labute approximate surface area is 121 Å². The fourth-order valence-electron chi connectivity index (χ4n) is 2.54. The van der Waals surface area contributed by atoms with Gasteiger partial charge in [-0.25, -0.2) is 9.36 Å². The number of carbonyl (C=O) groups excluding carboxylic acids is 1. The predicted molar refractivity (Wildman–Crippen MR) is 72.8 cm³/mol. The second-order valence-electron chi connectivity index (χ2n) is 4.44. The van der Waals surface area contributed by atoms with E-state index in [9.17, 15) is 9.36 Å². The summed E-state index contributed by atoms with van der Waals surface area (Å²) < 4.78 is 15.7. The SMILES string of the molecule is CON1CCC[C@]1(C(=O)OP(=O)(O)Cl)c1ccccc1. The summed E-state index contributed by atoms with van der Waals surface area (Å²) in [6.07, 6.45) is 1.11. The summed E-state index contributed by atoms with van der Waals surface area (Å²) in [5.74, 6) is -0.885. The fraction of sp³-hybridized carbons (Fsp3) is 0.417. The number of hydroxylamine groups is 2. The van der Waals surface area contributed by atoms with E-state index in [4.69, 9.17) is 21.0 Å². The minimum Gasteiger partial charge on any atom is -0.379 e. The van der Waals surface area contributed by atoms with Crippen molar-refractivity contribution >= 4 is 24.2 Å². The molecule has 1 heterocycles. The average molecular weight is 320 g/mol. The summed E-state index contributed by atoms with van der Waals surface area (Å²) in [6.45, 7) is -3.92. The van der Waals surface area contributed by atoms with Gasteiger partial charge in [-0.05, 0) is 18.4 Å². The van der Waals surface area contributed by atoms with Gasteiger partial charge in [0.1, 0.15) is 0 Å². The number of hydrogen-bond donors (Lipinski definition) is 1. The molecule has 1 aliphatic rings. The second-order valence-corrected chi connectivity index (χ2v) is 6.81. The van der Waals surface area contributed by atoms with E-state index in [0.29, 0.717) is 24.9 Å². The Bertz CT molecular complexity index is 534. The monoisotopic (exact) mass is 319 g/mol. The normalized spacial score (nSPS) is 26.1. The molecule has 0 bridgehead atoms. The highest BCUT2D eigenvalue weighted by atomic mass is 35.7. The van der Waals surface area contributed by atoms with Crippen molar-refractivity contribution in [2.24, 2.45) is 0 Å². The summed E-state index contributed by atoms with van der Waals surface area (Å²) in [4.78, 5) is 26.7. The summed E-state index contributed by atoms with van der Waals surface area (Å²) in [6, 6.07) is 8.85. The fourth-order valence-corrected chi connectivity index (χ4v) is 3.09. The zero-order chi connectivity index (χ0) is 14.8. The van der Waals surface area contributed by atoms with Crippen LogP contribution in [0.15, 0.2) is 30.3 Å². The standard InChI is InChI=1S/C12H15ClNO5P/c1-18-14-9-5-8-12(14,10-6-3-2-4-7-10)11(15)19-20(13,16)17/h2-4,6-7H,5,8-9H2,1H3,(H,16,17)/t12-/m1/s1. The van der Waals surface area contributed by atoms with Crippen LogP contribution >= 0.6 is 18.2 Å². The lowest BCUT2D eigenvalue weighted by Crippen LogP contribution is -2.47. The quantitative estimate of drug-likeness (QED) is 0.859. The van der Waals surface area contributed by atoms with Crippen molar-refractivity contribution in [2.75, 3.05) is 13.7 Å². The molecule has 0 saturated carbocycles. The van der Waals surface area contributed by atoms with Crippen molar-refractivity contribution in [3.63, 3.8) is 0 Å². The van der Waals surface area contributed by atoms with Crippen LogP contribution in [0.2, 0.25) is 0 Å². The molecule has 2 rings (SSSR count). The van der Waals surface area contributed by atoms with Crippen LogP contribution in [0.5, 0.6) is 0 Å². The van der Waals surface area contributed by atoms with Crippen molar-refractivity contribution < 1.29 is 23.6 Å². The van der Waals surface area contributed by atoms with Gasteiger partial charge >= 0.3 is 12.9 Å². The maximum Gasteiger partial charge on any atom is 0.476 e. The van der Waals surface area contributed by atoms with Gasteiger partial charge in [0.05, 0.1) is 7.11 Å². The molecule has 0 spiro atoms. The predicted octanol–water partition coefficient (Wildman–Crippen LogP) is 2.42. The van der Waals surface area contributed by atoms with Gasteiger partial charge < -0.3 is 14.3 Å². The molecule has 20 heavy (non-hydrogen) atoms. The molecule has 1 aliphatic heterocycles. The minimum absolute atomic E-state index is 0.417. The van der Waals surface area contributed by atoms with Gasteiger partial charge in [0.25, 0.3) is 0 Å². The Morgan fingerprint density at radius 2 is 2.10 bits per heavy atom. The molecule has 1 saturated heterocycles. The second kappa shape index (κ2) is 5.84. The first-order valence-electron chi connectivity index (χ1n) is 6.04. The van der Waals surface area contributed by atoms with Crippen LogP contribution in [0.3, 0.4) is 0 Å². The maximum atomic E-state index is 12.4. The molecular formula is C12H15ClNO5P. The van der Waals surface area contributed by atoms with E-state index in [2.05, 4.69) is 4.52 Å². The zero-order valence-corrected chi connectivity index (χ0v) is 12.5. The summed E-state index contributed by atoms with van der Waals surface area (Å²) in [5, 5.41) is 1.46. The summed E-state index contributed by atoms with van der Waals surface area (Å²) >= 11 is 5.16. The van der Waals surface area contributed by atoms with Crippen molar-refractivity contribution in [1.82, 2.24) is 5.06 Å². The first-order chi connectivity index (χ1) is 9.40. The molecule has 0 radical (unpaired) electrons. The molecule has 110 valence electrons. The molecule has 2 atom stereocenters. The zero-order valence-electron chi connectivity index (χ0n) is 10.9. The van der Waals surface area contributed by atoms with Gasteiger partial charge in [0, 0.05) is 17.8 Å². The maximum absolute atomic E-state index is 12.4. The first-order valence-corrected chi connectivity index (χ1v) is 8.52. The molecule has 0 aromatic heterocycles. The van der Waals surface area contributed by atoms with Gasteiger partial charge in [0.2, 0.25) is 0 Å². The summed E-state index contributed by atoms with van der Waals surface area (Å²) in [7, 11) is 1.44. The van der Waals surface area contributed by atoms with Crippen LogP contribution in [-0.4, -0.2) is 29.6 Å². The Kier molecular flexibility index (Phi) is 4.52. The van der Waals surface area contributed by atoms with E-state index in [1.54, 1.807) is 24.3 Å². The van der Waals surface area contributed by atoms with E-state index < -0.39 is 18.5 Å². The highest BCUT2D eigenvalue weighted by molar-refractivity contribution is 7.80. The summed E-state index contributed by atoms with van der Waals surface area (Å²) in [5.41, 5.74) is -0.613. The molecule has 1 aromatic rings. The molecule has 1 fully saturated rings. The van der Waals surface area contributed by atoms with Crippen molar-refractivity contribution in [3.8, 4) is 0 Å². The smallest absolute Gasteiger partial charge is 0.379 e. The topological polar surface area (TPSA) is 76.1 Å². The lowest BCUT2D eigenvalue weighted by molar-refractivity contribution is -0.201. The van der Waals surface area contributed by atoms with Gasteiger partial charge in [-0.3, -0.25) is 0 Å². The van der Waals surface area contributed by atoms with Crippen LogP contribution in [0.25, 0.3) is 0 Å². The lowest BCUT2D eigenvalue weighted by Gasteiger charge is -2.34. The van der Waals surface area contributed by atoms with E-state index >= 15 is 0 Å². The number of halogens is 1. The van der Waals surface area contributed by atoms with Gasteiger partial charge in [-0.15, -0.1) is 0 Å². The number of benzene rings is 1. The average Bonchev–Trinajstić information content (AvgIpc) is 2.82. The Balaban J connectivity index is 2.45. The van der Waals surface area contributed by atoms with E-state index in [-0.39, 0.29) is 0 Å². The lowest BCUT2D eigenvalue weighted by atomic mass is 9.88. The molecule has 1 aromatic carbocycles. The van der Waals surface area contributed by atoms with E-state index in [0.717, 1.165) is 0 Å². The van der Waals surface area contributed by atoms with Gasteiger partial charge in [0.15, 0.2) is 5.54 Å². The van der Waals surface area contributed by atoms with Gasteiger partial charge in [-0.2, -0.15) is 5.06 Å². The first kappa shape index (κ1) is 15.5. The largest absolute Gasteiger partial charge is 0.476 e. The Morgan fingerprint density at radius 3 is 2.65 bits per heavy atom. The third kappa shape index (κ3) is 2.90. The van der Waals surface area contributed by atoms with Crippen molar-refractivity contribution in [1.29, 1.82) is 0 Å². The van der Waals surface area contributed by atoms with Crippen molar-refractivity contribution in [2.45, 2.75) is 18.4 Å². The molecule has 6 nitrogen and oxygen atoms in total. The Morgan fingerprint density at radius 1 is 1.45 bits per heavy atom. The molecule has 1 unspecified atom stereocenters. The molecule has 0 aliphatic carbocycles. The highest BCUT2D eigenvalue weighted by Gasteiger charge is 2.52. The minimum atomic E-state index is -4.43. The Hall–Kier alpha value is -0.910. The number of hydrogen-bond acceptors (Lipinski definition) is 5. The molecule has 8 heteroatoms. The molecule has 0 amide bonds. The van der Waals surface area contributed by atoms with Crippen molar-refractivity contribution in [3.05, 3.63) is 35.9 Å². The van der Waals surface area contributed by atoms with Crippen LogP contribution in [0.1, 0.15) is 18.4 Å². The van der Waals surface area contributed by atoms with E-state index in [1.807, 2.05) is 6.07 Å². The van der Waals surface area contributed by atoms with Crippen LogP contribution in [-0.2, 0) is 24.3 Å². The number of carbonyl (C=O) groups is 1. The molecule has 1 N–H and O–H groups in total. The number of rotatable bonds is 4. The van der Waals surface area contributed by atoms with E-state index in [1.165, 1.54) is 12.2 Å². The third-order valence-electron chi connectivity index (χ3n) is 3.33. The molecular weight excluding hydrogens is 305 g/mol. The van der Waals surface area contributed by atoms with Gasteiger partial charge in [-0.1, -0.05) is 30.3 Å². The highest BCUT2D eigenvalue weighted by Crippen LogP contribution is 2.51. The number of nitrogens with zero attached hydrogens (tertiary/aromatic N) is 1. The third-order valence-corrected chi connectivity index (χ3v) is 3.93.